The van der Waals surface area contributed by atoms with Crippen LogP contribution in [-0.2, 0) is 9.53 Å². The van der Waals surface area contributed by atoms with E-state index >= 15 is 0 Å². The molecule has 0 saturated carbocycles. The maximum Gasteiger partial charge on any atom is 0.340 e. The highest BCUT2D eigenvalue weighted by Crippen LogP contribution is 2.11. The van der Waals surface area contributed by atoms with E-state index in [-0.39, 0.29) is 18.3 Å². The first-order valence-corrected chi connectivity index (χ1v) is 8.02. The number of hydrogen-bond donors (Lipinski definition) is 1. The van der Waals surface area contributed by atoms with Gasteiger partial charge in [-0.15, -0.1) is 0 Å². The lowest BCUT2D eigenvalue weighted by atomic mass is 10.1. The number of aromatic nitrogens is 1. The molecule has 1 N–H and O–H groups in total. The quantitative estimate of drug-likeness (QED) is 0.618. The van der Waals surface area contributed by atoms with E-state index in [1.54, 1.807) is 36.4 Å². The molecule has 2 rings (SSSR count). The third-order valence-electron chi connectivity index (χ3n) is 3.45. The molecule has 1 heterocycles. The number of hydrogen-bond acceptors (Lipinski definition) is 5. The second kappa shape index (κ2) is 8.73. The van der Waals surface area contributed by atoms with Crippen molar-refractivity contribution in [1.29, 1.82) is 0 Å². The summed E-state index contributed by atoms with van der Waals surface area (Å²) in [4.78, 5) is 39.5. The van der Waals surface area contributed by atoms with Crippen LogP contribution in [0, 0.1) is 6.92 Å². The Bertz CT molecular complexity index is 752. The molecule has 6 heteroatoms. The lowest BCUT2D eigenvalue weighted by Gasteiger charge is -2.07. The number of anilines is 1. The maximum atomic E-state index is 12.1. The van der Waals surface area contributed by atoms with Crippen LogP contribution in [0.15, 0.2) is 42.6 Å². The van der Waals surface area contributed by atoms with Crippen LogP contribution in [0.2, 0.25) is 0 Å². The number of benzene rings is 1. The van der Waals surface area contributed by atoms with Crippen molar-refractivity contribution < 1.29 is 19.1 Å². The van der Waals surface area contributed by atoms with Crippen molar-refractivity contribution in [2.45, 2.75) is 26.7 Å². The van der Waals surface area contributed by atoms with Crippen LogP contribution in [0.3, 0.4) is 0 Å². The van der Waals surface area contributed by atoms with E-state index in [4.69, 9.17) is 4.74 Å². The van der Waals surface area contributed by atoms with Gasteiger partial charge in [-0.3, -0.25) is 14.6 Å². The number of nitrogens with one attached hydrogen (secondary N) is 1. The normalized spacial score (nSPS) is 10.2. The summed E-state index contributed by atoms with van der Waals surface area (Å²) in [5.41, 5.74) is 2.12. The van der Waals surface area contributed by atoms with E-state index < -0.39 is 5.97 Å². The third-order valence-corrected chi connectivity index (χ3v) is 3.45. The zero-order valence-corrected chi connectivity index (χ0v) is 14.2. The Hall–Kier alpha value is -3.02. The topological polar surface area (TPSA) is 85.4 Å². The molecule has 0 atom stereocenters. The van der Waals surface area contributed by atoms with Gasteiger partial charge in [0.25, 0.3) is 0 Å². The molecule has 0 saturated heterocycles. The molecule has 0 bridgehead atoms. The van der Waals surface area contributed by atoms with Gasteiger partial charge in [0.1, 0.15) is 0 Å². The van der Waals surface area contributed by atoms with E-state index in [0.29, 0.717) is 23.2 Å². The van der Waals surface area contributed by atoms with Crippen molar-refractivity contribution in [1.82, 2.24) is 4.98 Å². The number of nitrogens with zero attached hydrogens (tertiary/aromatic N) is 1. The maximum absolute atomic E-state index is 12.1. The summed E-state index contributed by atoms with van der Waals surface area (Å²) < 4.78 is 5.01. The summed E-state index contributed by atoms with van der Waals surface area (Å²) in [6.07, 6.45) is 2.63. The minimum atomic E-state index is -0.593. The summed E-state index contributed by atoms with van der Waals surface area (Å²) in [6, 6.07) is 9.77. The van der Waals surface area contributed by atoms with Crippen molar-refractivity contribution in [2.24, 2.45) is 0 Å². The van der Waals surface area contributed by atoms with Gasteiger partial charge in [0, 0.05) is 29.6 Å². The molecule has 0 aliphatic carbocycles. The van der Waals surface area contributed by atoms with Crippen molar-refractivity contribution in [3.63, 3.8) is 0 Å². The summed E-state index contributed by atoms with van der Waals surface area (Å²) in [5.74, 6) is -0.980. The highest BCUT2D eigenvalue weighted by Gasteiger charge is 2.12. The molecule has 130 valence electrons. The Kier molecular flexibility index (Phi) is 6.39. The molecule has 0 unspecified atom stereocenters. The Morgan fingerprint density at radius 3 is 2.32 bits per heavy atom. The lowest BCUT2D eigenvalue weighted by molar-refractivity contribution is -0.116. The fourth-order valence-electron chi connectivity index (χ4n) is 2.08. The Labute approximate surface area is 146 Å². The van der Waals surface area contributed by atoms with Gasteiger partial charge in [-0.05, 0) is 49.7 Å². The second-order valence-corrected chi connectivity index (χ2v) is 5.56. The fourth-order valence-corrected chi connectivity index (χ4v) is 2.08. The van der Waals surface area contributed by atoms with Crippen molar-refractivity contribution in [3.8, 4) is 0 Å². The molecule has 0 aliphatic rings. The summed E-state index contributed by atoms with van der Waals surface area (Å²) in [5, 5.41) is 2.74. The molecule has 0 radical (unpaired) electrons. The number of amides is 1. The van der Waals surface area contributed by atoms with Crippen LogP contribution in [0.5, 0.6) is 0 Å². The molecule has 1 aromatic carbocycles. The summed E-state index contributed by atoms with van der Waals surface area (Å²) >= 11 is 0. The molecule has 2 aromatic rings. The van der Waals surface area contributed by atoms with Crippen LogP contribution in [0.25, 0.3) is 0 Å². The zero-order chi connectivity index (χ0) is 18.2. The number of carbonyl (C=O) groups excluding carboxylic acids is 3. The van der Waals surface area contributed by atoms with Gasteiger partial charge in [-0.25, -0.2) is 4.79 Å². The fraction of sp³-hybridized carbons (Fsp3) is 0.263. The van der Waals surface area contributed by atoms with Gasteiger partial charge in [0.2, 0.25) is 5.91 Å². The molecular formula is C19H20N2O4. The minimum absolute atomic E-state index is 0.0674. The number of carbonyl (C=O) groups is 3. The smallest absolute Gasteiger partial charge is 0.340 e. The van der Waals surface area contributed by atoms with E-state index in [2.05, 4.69) is 10.3 Å². The van der Waals surface area contributed by atoms with E-state index in [9.17, 15) is 14.4 Å². The Morgan fingerprint density at radius 2 is 1.72 bits per heavy atom. The predicted molar refractivity (Wildman–Crippen MR) is 93.6 cm³/mol. The molecule has 1 aromatic heterocycles. The van der Waals surface area contributed by atoms with Crippen molar-refractivity contribution in [2.75, 3.05) is 11.9 Å². The van der Waals surface area contributed by atoms with E-state index in [1.165, 1.54) is 6.20 Å². The van der Waals surface area contributed by atoms with Crippen molar-refractivity contribution >= 4 is 23.3 Å². The highest BCUT2D eigenvalue weighted by molar-refractivity contribution is 6.00. The van der Waals surface area contributed by atoms with Gasteiger partial charge in [0.15, 0.2) is 12.4 Å². The standard InChI is InChI=1S/C19H20N2O4/c1-3-4-18(23)21-16-9-7-14(8-10-16)17(22)12-25-19(24)15-6-5-13(2)20-11-15/h5-11H,3-4,12H2,1-2H3,(H,21,23). The number of rotatable bonds is 7. The van der Waals surface area contributed by atoms with Gasteiger partial charge in [-0.2, -0.15) is 0 Å². The Balaban J connectivity index is 1.89. The zero-order valence-electron chi connectivity index (χ0n) is 14.2. The molecule has 0 fully saturated rings. The average Bonchev–Trinajstić information content (AvgIpc) is 2.61. The molecule has 0 aliphatic heterocycles. The number of ether oxygens (including phenoxy) is 1. The first-order valence-electron chi connectivity index (χ1n) is 8.02. The monoisotopic (exact) mass is 340 g/mol. The van der Waals surface area contributed by atoms with Gasteiger partial charge >= 0.3 is 5.97 Å². The molecule has 25 heavy (non-hydrogen) atoms. The second-order valence-electron chi connectivity index (χ2n) is 5.56. The highest BCUT2D eigenvalue weighted by atomic mass is 16.5. The van der Waals surface area contributed by atoms with Crippen molar-refractivity contribution in [3.05, 3.63) is 59.4 Å². The van der Waals surface area contributed by atoms with Crippen LogP contribution in [0.1, 0.15) is 46.2 Å². The van der Waals surface area contributed by atoms with Crippen LogP contribution in [0.4, 0.5) is 5.69 Å². The SMILES string of the molecule is CCCC(=O)Nc1ccc(C(=O)COC(=O)c2ccc(C)nc2)cc1. The predicted octanol–water partition coefficient (Wildman–Crippen LogP) is 3.17. The van der Waals surface area contributed by atoms with Gasteiger partial charge in [-0.1, -0.05) is 6.92 Å². The van der Waals surface area contributed by atoms with Crippen LogP contribution >= 0.6 is 0 Å². The van der Waals surface area contributed by atoms with Crippen LogP contribution < -0.4 is 5.32 Å². The first-order chi connectivity index (χ1) is 12.0. The number of esters is 1. The molecular weight excluding hydrogens is 320 g/mol. The molecule has 1 amide bonds. The molecule has 0 spiro atoms. The summed E-state index contributed by atoms with van der Waals surface area (Å²) in [6.45, 7) is 3.39. The number of pyridine rings is 1. The minimum Gasteiger partial charge on any atom is -0.454 e. The summed E-state index contributed by atoms with van der Waals surface area (Å²) in [7, 11) is 0. The van der Waals surface area contributed by atoms with E-state index in [1.807, 2.05) is 13.8 Å². The van der Waals surface area contributed by atoms with Crippen LogP contribution in [-0.4, -0.2) is 29.3 Å². The number of ketones is 1. The number of Topliss-reactive ketones (excluding diaryl/α,β-unsaturated/α-hetero) is 1. The largest absolute Gasteiger partial charge is 0.454 e. The first kappa shape index (κ1) is 18.3. The van der Waals surface area contributed by atoms with E-state index in [0.717, 1.165) is 12.1 Å². The lowest BCUT2D eigenvalue weighted by Crippen LogP contribution is -2.15. The molecule has 6 nitrogen and oxygen atoms in total. The van der Waals surface area contributed by atoms with Gasteiger partial charge in [0.05, 0.1) is 5.56 Å². The third kappa shape index (κ3) is 5.53. The van der Waals surface area contributed by atoms with Gasteiger partial charge < -0.3 is 10.1 Å². The average molecular weight is 340 g/mol. The Morgan fingerprint density at radius 1 is 1.04 bits per heavy atom. The number of aryl methyl sites for hydroxylation is 1.